The van der Waals surface area contributed by atoms with E-state index in [2.05, 4.69) is 28.8 Å². The van der Waals surface area contributed by atoms with E-state index in [1.807, 2.05) is 19.1 Å². The first-order valence-corrected chi connectivity index (χ1v) is 7.15. The van der Waals surface area contributed by atoms with Crippen molar-refractivity contribution in [1.82, 2.24) is 14.7 Å². The van der Waals surface area contributed by atoms with E-state index in [0.717, 1.165) is 34.7 Å². The van der Waals surface area contributed by atoms with Crippen molar-refractivity contribution in [2.45, 2.75) is 26.8 Å². The summed E-state index contributed by atoms with van der Waals surface area (Å²) in [7, 11) is 0. The minimum absolute atomic E-state index is 0.556. The van der Waals surface area contributed by atoms with E-state index in [1.54, 1.807) is 0 Å². The lowest BCUT2D eigenvalue weighted by atomic mass is 10.2. The lowest BCUT2D eigenvalue weighted by Gasteiger charge is -2.06. The van der Waals surface area contributed by atoms with E-state index < -0.39 is 0 Å². The van der Waals surface area contributed by atoms with Crippen LogP contribution in [-0.4, -0.2) is 20.6 Å². The van der Waals surface area contributed by atoms with Gasteiger partial charge in [0, 0.05) is 18.4 Å². The fourth-order valence-corrected chi connectivity index (χ4v) is 2.61. The lowest BCUT2D eigenvalue weighted by Crippen LogP contribution is -2.06. The normalized spacial score (nSPS) is 11.3. The van der Waals surface area contributed by atoms with E-state index in [9.17, 15) is 0 Å². The lowest BCUT2D eigenvalue weighted by molar-refractivity contribution is 0.389. The van der Waals surface area contributed by atoms with E-state index in [-0.39, 0.29) is 0 Å². The molecule has 0 spiro atoms. The van der Waals surface area contributed by atoms with Crippen LogP contribution in [-0.2, 0) is 13.0 Å². The smallest absolute Gasteiger partial charge is 0.133 e. The zero-order valence-electron chi connectivity index (χ0n) is 11.6. The molecule has 3 rings (SSSR count). The van der Waals surface area contributed by atoms with E-state index in [4.69, 9.17) is 21.1 Å². The quantitative estimate of drug-likeness (QED) is 0.691. The van der Waals surface area contributed by atoms with Crippen molar-refractivity contribution < 1.29 is 4.52 Å². The number of hydrogen-bond donors (Lipinski definition) is 0. The Morgan fingerprint density at radius 3 is 2.85 bits per heavy atom. The Bertz CT molecular complexity index is 745. The summed E-state index contributed by atoms with van der Waals surface area (Å²) in [6.45, 7) is 4.63. The average molecular weight is 290 g/mol. The van der Waals surface area contributed by atoms with Gasteiger partial charge in [0.05, 0.1) is 17.6 Å². The predicted molar refractivity (Wildman–Crippen MR) is 79.2 cm³/mol. The molecule has 0 amide bonds. The molecule has 0 radical (unpaired) electrons. The summed E-state index contributed by atoms with van der Waals surface area (Å²) in [6.07, 6.45) is 0.743. The van der Waals surface area contributed by atoms with Gasteiger partial charge in [0.1, 0.15) is 17.3 Å². The maximum atomic E-state index is 5.90. The molecule has 0 saturated carbocycles. The van der Waals surface area contributed by atoms with Crippen molar-refractivity contribution in [2.75, 3.05) is 5.88 Å². The molecule has 0 aliphatic rings. The molecule has 20 heavy (non-hydrogen) atoms. The number of nitrogens with zero attached hydrogens (tertiary/aromatic N) is 3. The summed E-state index contributed by atoms with van der Waals surface area (Å²) in [6, 6.07) is 8.16. The van der Waals surface area contributed by atoms with E-state index in [1.165, 1.54) is 5.56 Å². The molecule has 0 unspecified atom stereocenters. The van der Waals surface area contributed by atoms with Gasteiger partial charge < -0.3 is 9.09 Å². The molecule has 0 fully saturated rings. The van der Waals surface area contributed by atoms with E-state index in [0.29, 0.717) is 12.4 Å². The van der Waals surface area contributed by atoms with Crippen molar-refractivity contribution >= 4 is 22.6 Å². The number of fused-ring (bicyclic) bond motifs is 1. The van der Waals surface area contributed by atoms with Gasteiger partial charge >= 0.3 is 0 Å². The fraction of sp³-hybridized carbons (Fsp3) is 0.333. The Morgan fingerprint density at radius 2 is 2.15 bits per heavy atom. The Hall–Kier alpha value is -1.81. The van der Waals surface area contributed by atoms with Crippen LogP contribution in [0.15, 0.2) is 28.8 Å². The third kappa shape index (κ3) is 2.31. The number of aromatic nitrogens is 3. The van der Waals surface area contributed by atoms with Gasteiger partial charge in [-0.25, -0.2) is 4.98 Å². The first-order valence-electron chi connectivity index (χ1n) is 6.62. The highest BCUT2D eigenvalue weighted by Gasteiger charge is 2.13. The minimum atomic E-state index is 0.556. The minimum Gasteiger partial charge on any atom is -0.361 e. The standard InChI is InChI=1S/C15H16ClN3O/c1-10-4-3-5-13-15(10)17-14(6-7-16)19(13)9-12-8-11(2)20-18-12/h3-5,8H,6-7,9H2,1-2H3. The monoisotopic (exact) mass is 289 g/mol. The Labute approximate surface area is 122 Å². The van der Waals surface area contributed by atoms with Crippen LogP contribution < -0.4 is 0 Å². The molecule has 0 saturated heterocycles. The van der Waals surface area contributed by atoms with Crippen LogP contribution in [0, 0.1) is 13.8 Å². The number of aryl methyl sites for hydroxylation is 3. The number of rotatable bonds is 4. The van der Waals surface area contributed by atoms with Gasteiger partial charge in [0.25, 0.3) is 0 Å². The first kappa shape index (κ1) is 13.2. The number of alkyl halides is 1. The summed E-state index contributed by atoms with van der Waals surface area (Å²) in [5.74, 6) is 2.37. The molecule has 0 N–H and O–H groups in total. The highest BCUT2D eigenvalue weighted by atomic mass is 35.5. The number of imidazole rings is 1. The van der Waals surface area contributed by atoms with Crippen LogP contribution in [0.4, 0.5) is 0 Å². The van der Waals surface area contributed by atoms with Gasteiger partial charge in [-0.3, -0.25) is 0 Å². The Balaban J connectivity index is 2.11. The van der Waals surface area contributed by atoms with Crippen molar-refractivity contribution in [3.63, 3.8) is 0 Å². The average Bonchev–Trinajstić information content (AvgIpc) is 2.97. The molecule has 2 aromatic heterocycles. The van der Waals surface area contributed by atoms with Gasteiger partial charge in [-0.05, 0) is 25.5 Å². The zero-order valence-corrected chi connectivity index (χ0v) is 12.3. The zero-order chi connectivity index (χ0) is 14.1. The van der Waals surface area contributed by atoms with Crippen LogP contribution in [0.1, 0.15) is 22.8 Å². The number of hydrogen-bond acceptors (Lipinski definition) is 3. The molecular weight excluding hydrogens is 274 g/mol. The molecule has 5 heteroatoms. The SMILES string of the molecule is Cc1cc(Cn2c(CCCl)nc3c(C)cccc32)no1. The third-order valence-electron chi connectivity index (χ3n) is 3.37. The van der Waals surface area contributed by atoms with Crippen LogP contribution in [0.5, 0.6) is 0 Å². The fourth-order valence-electron chi connectivity index (χ4n) is 2.44. The topological polar surface area (TPSA) is 43.9 Å². The number of benzene rings is 1. The van der Waals surface area contributed by atoms with Crippen LogP contribution >= 0.6 is 11.6 Å². The second-order valence-corrected chi connectivity index (χ2v) is 5.30. The molecule has 0 aliphatic carbocycles. The highest BCUT2D eigenvalue weighted by molar-refractivity contribution is 6.17. The molecule has 4 nitrogen and oxygen atoms in total. The van der Waals surface area contributed by atoms with E-state index >= 15 is 0 Å². The van der Waals surface area contributed by atoms with Crippen molar-refractivity contribution in [1.29, 1.82) is 0 Å². The van der Waals surface area contributed by atoms with Crippen molar-refractivity contribution in [2.24, 2.45) is 0 Å². The van der Waals surface area contributed by atoms with Crippen LogP contribution in [0.2, 0.25) is 0 Å². The summed E-state index contributed by atoms with van der Waals surface area (Å²) < 4.78 is 7.31. The Morgan fingerprint density at radius 1 is 1.30 bits per heavy atom. The molecule has 3 aromatic rings. The number of para-hydroxylation sites is 1. The molecular formula is C15H16ClN3O. The van der Waals surface area contributed by atoms with Crippen molar-refractivity contribution in [3.05, 3.63) is 47.1 Å². The maximum absolute atomic E-state index is 5.90. The van der Waals surface area contributed by atoms with Gasteiger partial charge in [-0.1, -0.05) is 17.3 Å². The van der Waals surface area contributed by atoms with Crippen LogP contribution in [0.25, 0.3) is 11.0 Å². The molecule has 0 bridgehead atoms. The van der Waals surface area contributed by atoms with Crippen molar-refractivity contribution in [3.8, 4) is 0 Å². The Kier molecular flexibility index (Phi) is 3.49. The number of halogens is 1. The van der Waals surface area contributed by atoms with Gasteiger partial charge in [0.2, 0.25) is 0 Å². The summed E-state index contributed by atoms with van der Waals surface area (Å²) in [5.41, 5.74) is 4.23. The largest absolute Gasteiger partial charge is 0.361 e. The maximum Gasteiger partial charge on any atom is 0.133 e. The molecule has 0 aliphatic heterocycles. The van der Waals surface area contributed by atoms with Crippen LogP contribution in [0.3, 0.4) is 0 Å². The highest BCUT2D eigenvalue weighted by Crippen LogP contribution is 2.21. The molecule has 1 aromatic carbocycles. The first-order chi connectivity index (χ1) is 9.69. The summed E-state index contributed by atoms with van der Waals surface area (Å²) >= 11 is 5.90. The van der Waals surface area contributed by atoms with Gasteiger partial charge in [0.15, 0.2) is 0 Å². The predicted octanol–water partition coefficient (Wildman–Crippen LogP) is 3.47. The van der Waals surface area contributed by atoms with Gasteiger partial charge in [-0.2, -0.15) is 0 Å². The molecule has 2 heterocycles. The molecule has 104 valence electrons. The second kappa shape index (κ2) is 5.29. The summed E-state index contributed by atoms with van der Waals surface area (Å²) in [5, 5.41) is 4.06. The molecule has 0 atom stereocenters. The summed E-state index contributed by atoms with van der Waals surface area (Å²) in [4.78, 5) is 4.73. The second-order valence-electron chi connectivity index (χ2n) is 4.92. The van der Waals surface area contributed by atoms with Gasteiger partial charge in [-0.15, -0.1) is 11.6 Å². The third-order valence-corrected chi connectivity index (χ3v) is 3.56.